The summed E-state index contributed by atoms with van der Waals surface area (Å²) in [5.41, 5.74) is 0.348. The lowest BCUT2D eigenvalue weighted by atomic mass is 9.97. The molecule has 1 amide bonds. The molecular formula is C21H23F3N4O2S. The fourth-order valence-electron chi connectivity index (χ4n) is 3.36. The zero-order chi connectivity index (χ0) is 23.0. The number of hydrogen-bond acceptors (Lipinski definition) is 5. The van der Waals surface area contributed by atoms with Gasteiger partial charge in [-0.15, -0.1) is 11.3 Å². The van der Waals surface area contributed by atoms with E-state index >= 15 is 0 Å². The molecule has 0 aliphatic heterocycles. The van der Waals surface area contributed by atoms with Crippen LogP contribution in [0.15, 0.2) is 30.6 Å². The molecular weight excluding hydrogens is 429 g/mol. The van der Waals surface area contributed by atoms with E-state index in [0.717, 1.165) is 21.3 Å². The number of hydrogen-bond donors (Lipinski definition) is 2. The van der Waals surface area contributed by atoms with Gasteiger partial charge in [0.15, 0.2) is 0 Å². The van der Waals surface area contributed by atoms with E-state index in [0.29, 0.717) is 15.6 Å². The Morgan fingerprint density at radius 2 is 1.97 bits per heavy atom. The molecule has 2 heterocycles. The smallest absolute Gasteiger partial charge is 0.374 e. The van der Waals surface area contributed by atoms with Crippen molar-refractivity contribution in [1.29, 1.82) is 0 Å². The second kappa shape index (κ2) is 8.43. The van der Waals surface area contributed by atoms with Crippen molar-refractivity contribution in [2.75, 3.05) is 6.54 Å². The second-order valence-electron chi connectivity index (χ2n) is 7.48. The maximum atomic E-state index is 13.6. The van der Waals surface area contributed by atoms with Crippen LogP contribution < -0.4 is 5.32 Å². The summed E-state index contributed by atoms with van der Waals surface area (Å²) in [4.78, 5) is 21.0. The number of thiazole rings is 1. The van der Waals surface area contributed by atoms with Crippen molar-refractivity contribution >= 4 is 17.2 Å². The summed E-state index contributed by atoms with van der Waals surface area (Å²) in [7, 11) is 1.37. The number of aromatic nitrogens is 3. The van der Waals surface area contributed by atoms with Crippen molar-refractivity contribution in [2.24, 2.45) is 7.05 Å². The van der Waals surface area contributed by atoms with E-state index in [1.165, 1.54) is 30.8 Å². The number of rotatable bonds is 6. The van der Waals surface area contributed by atoms with Crippen LogP contribution in [-0.2, 0) is 12.6 Å². The van der Waals surface area contributed by atoms with E-state index in [1.54, 1.807) is 6.92 Å². The number of halogens is 3. The van der Waals surface area contributed by atoms with Crippen LogP contribution in [0.3, 0.4) is 0 Å². The topological polar surface area (TPSA) is 80.0 Å². The Morgan fingerprint density at radius 1 is 1.26 bits per heavy atom. The average Bonchev–Trinajstić information content (AvgIpc) is 3.26. The zero-order valence-corrected chi connectivity index (χ0v) is 18.4. The minimum Gasteiger partial charge on any atom is -0.374 e. The first-order chi connectivity index (χ1) is 14.4. The second-order valence-corrected chi connectivity index (χ2v) is 8.48. The number of alkyl halides is 3. The summed E-state index contributed by atoms with van der Waals surface area (Å²) in [6.07, 6.45) is -3.22. The van der Waals surface area contributed by atoms with E-state index < -0.39 is 36.5 Å². The fourth-order valence-corrected chi connectivity index (χ4v) is 4.43. The normalized spacial score (nSPS) is 13.8. The van der Waals surface area contributed by atoms with Gasteiger partial charge in [-0.05, 0) is 26.3 Å². The summed E-state index contributed by atoms with van der Waals surface area (Å²) in [6, 6.07) is 5.90. The van der Waals surface area contributed by atoms with E-state index in [-0.39, 0.29) is 0 Å². The van der Waals surface area contributed by atoms with Crippen molar-refractivity contribution < 1.29 is 23.1 Å². The number of amides is 1. The van der Waals surface area contributed by atoms with Gasteiger partial charge in [-0.2, -0.15) is 13.2 Å². The van der Waals surface area contributed by atoms with Crippen LogP contribution in [0.1, 0.15) is 38.7 Å². The van der Waals surface area contributed by atoms with Crippen LogP contribution in [0.25, 0.3) is 10.6 Å². The molecule has 2 N–H and O–H groups in total. The van der Waals surface area contributed by atoms with Crippen molar-refractivity contribution in [3.8, 4) is 10.6 Å². The number of nitrogens with one attached hydrogen (secondary N) is 1. The number of carbonyl (C=O) groups is 1. The Labute approximate surface area is 181 Å². The monoisotopic (exact) mass is 452 g/mol. The van der Waals surface area contributed by atoms with Gasteiger partial charge in [0.2, 0.25) is 5.60 Å². The van der Waals surface area contributed by atoms with E-state index in [1.807, 2.05) is 32.0 Å². The Balaban J connectivity index is 1.75. The Kier molecular flexibility index (Phi) is 6.24. The number of aliphatic hydroxyl groups is 1. The molecule has 1 unspecified atom stereocenters. The van der Waals surface area contributed by atoms with Crippen LogP contribution in [0.5, 0.6) is 0 Å². The number of carbonyl (C=O) groups excluding carboxylic acids is 1. The lowest BCUT2D eigenvalue weighted by Crippen LogP contribution is -2.46. The van der Waals surface area contributed by atoms with Crippen molar-refractivity contribution in [1.82, 2.24) is 19.9 Å². The molecule has 0 saturated carbocycles. The molecule has 0 bridgehead atoms. The highest BCUT2D eigenvalue weighted by Crippen LogP contribution is 2.40. The third kappa shape index (κ3) is 4.49. The molecule has 0 fully saturated rings. The summed E-state index contributed by atoms with van der Waals surface area (Å²) in [5, 5.41) is 13.5. The number of benzene rings is 1. The predicted molar refractivity (Wildman–Crippen MR) is 112 cm³/mol. The average molecular weight is 453 g/mol. The molecule has 31 heavy (non-hydrogen) atoms. The molecule has 0 aliphatic carbocycles. The quantitative estimate of drug-likeness (QED) is 0.592. The highest BCUT2D eigenvalue weighted by Gasteiger charge is 2.57. The lowest BCUT2D eigenvalue weighted by molar-refractivity contribution is -0.272. The molecule has 3 aromatic rings. The van der Waals surface area contributed by atoms with Gasteiger partial charge in [-0.3, -0.25) is 4.79 Å². The molecule has 0 radical (unpaired) electrons. The minimum absolute atomic E-state index is 0.322. The van der Waals surface area contributed by atoms with Gasteiger partial charge in [0.05, 0.1) is 5.69 Å². The Morgan fingerprint density at radius 3 is 2.55 bits per heavy atom. The lowest BCUT2D eigenvalue weighted by Gasteiger charge is -2.29. The summed E-state index contributed by atoms with van der Waals surface area (Å²) in [6.45, 7) is 5.22. The Bertz CT molecular complexity index is 1110. The van der Waals surface area contributed by atoms with E-state index in [9.17, 15) is 23.1 Å². The summed E-state index contributed by atoms with van der Waals surface area (Å²) >= 11 is 1.18. The van der Waals surface area contributed by atoms with Gasteiger partial charge in [0.25, 0.3) is 5.91 Å². The third-order valence-electron chi connectivity index (χ3n) is 5.05. The Hall–Kier alpha value is -2.72. The molecule has 0 aliphatic rings. The van der Waals surface area contributed by atoms with Crippen LogP contribution in [0.4, 0.5) is 13.2 Å². The molecule has 3 rings (SSSR count). The van der Waals surface area contributed by atoms with E-state index in [2.05, 4.69) is 15.3 Å². The molecule has 166 valence electrons. The van der Waals surface area contributed by atoms with Crippen molar-refractivity contribution in [2.45, 2.75) is 39.0 Å². The molecule has 0 spiro atoms. The maximum absolute atomic E-state index is 13.6. The zero-order valence-electron chi connectivity index (χ0n) is 17.5. The van der Waals surface area contributed by atoms with Gasteiger partial charge in [0, 0.05) is 38.0 Å². The maximum Gasteiger partial charge on any atom is 0.424 e. The molecule has 1 atom stereocenters. The van der Waals surface area contributed by atoms with Crippen LogP contribution >= 0.6 is 11.3 Å². The van der Waals surface area contributed by atoms with Crippen LogP contribution in [0.2, 0.25) is 0 Å². The van der Waals surface area contributed by atoms with E-state index in [4.69, 9.17) is 0 Å². The molecule has 10 heteroatoms. The van der Waals surface area contributed by atoms with Crippen molar-refractivity contribution in [3.05, 3.63) is 58.1 Å². The first-order valence-corrected chi connectivity index (χ1v) is 10.4. The summed E-state index contributed by atoms with van der Waals surface area (Å²) < 4.78 is 41.9. The highest BCUT2D eigenvalue weighted by molar-refractivity contribution is 7.17. The minimum atomic E-state index is -4.95. The fraction of sp³-hybridized carbons (Fsp3) is 0.381. The largest absolute Gasteiger partial charge is 0.424 e. The van der Waals surface area contributed by atoms with Gasteiger partial charge >= 0.3 is 6.18 Å². The van der Waals surface area contributed by atoms with Crippen LogP contribution in [0, 0.1) is 20.8 Å². The third-order valence-corrected chi connectivity index (χ3v) is 6.24. The number of imidazole rings is 1. The van der Waals surface area contributed by atoms with Gasteiger partial charge in [-0.25, -0.2) is 9.97 Å². The molecule has 2 aromatic heterocycles. The molecule has 1 aromatic carbocycles. The van der Waals surface area contributed by atoms with Crippen LogP contribution in [-0.4, -0.2) is 38.3 Å². The highest BCUT2D eigenvalue weighted by atomic mass is 32.1. The van der Waals surface area contributed by atoms with Gasteiger partial charge in [-0.1, -0.05) is 23.8 Å². The summed E-state index contributed by atoms with van der Waals surface area (Å²) in [5.74, 6) is -1.06. The first-order valence-electron chi connectivity index (χ1n) is 9.54. The number of aryl methyl sites for hydroxylation is 4. The SMILES string of the molecule is Cc1ccc(-c2nc(C)c(C(=O)NCCC(O)(c3nccn3C)C(F)(F)F)s2)c(C)c1. The number of nitrogens with zero attached hydrogens (tertiary/aromatic N) is 3. The van der Waals surface area contributed by atoms with Crippen molar-refractivity contribution in [3.63, 3.8) is 0 Å². The molecule has 6 nitrogen and oxygen atoms in total. The standard InChI is InChI=1S/C21H23F3N4O2S/c1-12-5-6-15(13(2)11-12)18-27-14(3)16(31-18)17(29)25-8-7-20(30,21(22,23)24)19-26-9-10-28(19)4/h5-6,9-11,30H,7-8H2,1-4H3,(H,25,29). The molecule has 0 saturated heterocycles. The predicted octanol–water partition coefficient (Wildman–Crippen LogP) is 4.04. The van der Waals surface area contributed by atoms with Gasteiger partial charge < -0.3 is 15.0 Å². The first kappa shape index (κ1) is 23.0. The van der Waals surface area contributed by atoms with Gasteiger partial charge in [0.1, 0.15) is 15.7 Å².